The van der Waals surface area contributed by atoms with Gasteiger partial charge in [0.1, 0.15) is 11.6 Å². The lowest BCUT2D eigenvalue weighted by atomic mass is 9.85. The van der Waals surface area contributed by atoms with Gasteiger partial charge in [-0.15, -0.1) is 0 Å². The molecule has 1 aromatic heterocycles. The summed E-state index contributed by atoms with van der Waals surface area (Å²) in [6.45, 7) is 0.565. The topological polar surface area (TPSA) is 54.1 Å². The Morgan fingerprint density at radius 3 is 2.85 bits per heavy atom. The zero-order chi connectivity index (χ0) is 18.8. The highest BCUT2D eigenvalue weighted by molar-refractivity contribution is 5.88. The number of hydrogen-bond donors (Lipinski definition) is 2. The summed E-state index contributed by atoms with van der Waals surface area (Å²) in [5.41, 5.74) is 4.58. The van der Waals surface area contributed by atoms with Crippen LogP contribution in [-0.4, -0.2) is 24.5 Å². The van der Waals surface area contributed by atoms with Gasteiger partial charge in [0.25, 0.3) is 0 Å². The van der Waals surface area contributed by atoms with Crippen LogP contribution in [0, 0.1) is 11.7 Å². The molecule has 1 aliphatic carbocycles. The monoisotopic (exact) mass is 366 g/mol. The van der Waals surface area contributed by atoms with E-state index in [0.29, 0.717) is 13.0 Å². The number of amides is 1. The SMILES string of the molecule is COc1ccc2[nH]c3c(c2c1)CC(C(=O)NCCc1ccc(F)cc1)CC3. The molecular formula is C22H23FN2O2. The number of hydrogen-bond acceptors (Lipinski definition) is 2. The number of aromatic amines is 1. The van der Waals surface area contributed by atoms with Crippen LogP contribution in [0.1, 0.15) is 23.2 Å². The van der Waals surface area contributed by atoms with Crippen LogP contribution in [0.4, 0.5) is 4.39 Å². The van der Waals surface area contributed by atoms with Crippen molar-refractivity contribution >= 4 is 16.8 Å². The number of benzene rings is 2. The van der Waals surface area contributed by atoms with Gasteiger partial charge in [-0.25, -0.2) is 4.39 Å². The normalized spacial score (nSPS) is 16.1. The molecule has 140 valence electrons. The molecule has 1 heterocycles. The lowest BCUT2D eigenvalue weighted by Gasteiger charge is -2.22. The first kappa shape index (κ1) is 17.6. The Balaban J connectivity index is 1.41. The highest BCUT2D eigenvalue weighted by Gasteiger charge is 2.27. The van der Waals surface area contributed by atoms with Crippen molar-refractivity contribution in [2.24, 2.45) is 5.92 Å². The van der Waals surface area contributed by atoms with Gasteiger partial charge >= 0.3 is 0 Å². The lowest BCUT2D eigenvalue weighted by Crippen LogP contribution is -2.35. The Hall–Kier alpha value is -2.82. The van der Waals surface area contributed by atoms with Crippen LogP contribution < -0.4 is 10.1 Å². The summed E-state index contributed by atoms with van der Waals surface area (Å²) in [6, 6.07) is 12.4. The third kappa shape index (κ3) is 3.68. The molecule has 3 aromatic rings. The molecule has 1 atom stereocenters. The van der Waals surface area contributed by atoms with Gasteiger partial charge in [-0.3, -0.25) is 4.79 Å². The molecule has 5 heteroatoms. The summed E-state index contributed by atoms with van der Waals surface area (Å²) in [5.74, 6) is 0.669. The van der Waals surface area contributed by atoms with Crippen LogP contribution in [-0.2, 0) is 24.1 Å². The van der Waals surface area contributed by atoms with E-state index in [1.165, 1.54) is 23.4 Å². The summed E-state index contributed by atoms with van der Waals surface area (Å²) < 4.78 is 18.3. The lowest BCUT2D eigenvalue weighted by molar-refractivity contribution is -0.125. The second kappa shape index (κ2) is 7.43. The highest BCUT2D eigenvalue weighted by Crippen LogP contribution is 2.33. The van der Waals surface area contributed by atoms with Gasteiger partial charge in [0.15, 0.2) is 0 Å². The Labute approximate surface area is 157 Å². The summed E-state index contributed by atoms with van der Waals surface area (Å²) >= 11 is 0. The number of aromatic nitrogens is 1. The molecule has 0 spiro atoms. The van der Waals surface area contributed by atoms with Crippen LogP contribution in [0.2, 0.25) is 0 Å². The molecule has 1 unspecified atom stereocenters. The van der Waals surface area contributed by atoms with Crippen LogP contribution in [0.3, 0.4) is 0 Å². The van der Waals surface area contributed by atoms with Crippen LogP contribution >= 0.6 is 0 Å². The van der Waals surface area contributed by atoms with Crippen LogP contribution in [0.5, 0.6) is 5.75 Å². The minimum absolute atomic E-state index is 0.0177. The van der Waals surface area contributed by atoms with Gasteiger partial charge < -0.3 is 15.0 Å². The first-order valence-corrected chi connectivity index (χ1v) is 9.33. The minimum atomic E-state index is -0.240. The fraction of sp³-hybridized carbons (Fsp3) is 0.318. The quantitative estimate of drug-likeness (QED) is 0.722. The fourth-order valence-electron chi connectivity index (χ4n) is 3.87. The number of nitrogens with one attached hydrogen (secondary N) is 2. The number of methoxy groups -OCH3 is 1. The first-order chi connectivity index (χ1) is 13.1. The summed E-state index contributed by atoms with van der Waals surface area (Å²) in [5, 5.41) is 4.19. The average molecular weight is 366 g/mol. The van der Waals surface area contributed by atoms with E-state index in [-0.39, 0.29) is 17.6 Å². The van der Waals surface area contributed by atoms with Gasteiger partial charge in [0.05, 0.1) is 7.11 Å². The van der Waals surface area contributed by atoms with E-state index in [2.05, 4.69) is 10.3 Å². The smallest absolute Gasteiger partial charge is 0.223 e. The Morgan fingerprint density at radius 1 is 1.26 bits per heavy atom. The molecule has 0 saturated carbocycles. The van der Waals surface area contributed by atoms with Crippen molar-refractivity contribution in [3.8, 4) is 5.75 Å². The standard InChI is InChI=1S/C22H23FN2O2/c1-27-17-7-9-21-19(13-17)18-12-15(4-8-20(18)25-21)22(26)24-11-10-14-2-5-16(23)6-3-14/h2-3,5-7,9,13,15,25H,4,8,10-12H2,1H3,(H,24,26). The van der Waals surface area contributed by atoms with Crippen molar-refractivity contribution in [1.29, 1.82) is 0 Å². The van der Waals surface area contributed by atoms with Crippen molar-refractivity contribution < 1.29 is 13.9 Å². The van der Waals surface area contributed by atoms with Crippen molar-refractivity contribution in [3.05, 3.63) is 65.1 Å². The van der Waals surface area contributed by atoms with Gasteiger partial charge in [0.2, 0.25) is 5.91 Å². The summed E-state index contributed by atoms with van der Waals surface area (Å²) in [4.78, 5) is 16.1. The van der Waals surface area contributed by atoms with E-state index in [4.69, 9.17) is 4.74 Å². The Bertz CT molecular complexity index is 962. The number of H-pyrrole nitrogens is 1. The fourth-order valence-corrected chi connectivity index (χ4v) is 3.87. The number of carbonyl (C=O) groups excluding carboxylic acids is 1. The van der Waals surface area contributed by atoms with Gasteiger partial charge in [-0.05, 0) is 67.1 Å². The van der Waals surface area contributed by atoms with Gasteiger partial charge in [-0.1, -0.05) is 12.1 Å². The zero-order valence-corrected chi connectivity index (χ0v) is 15.3. The predicted octanol–water partition coefficient (Wildman–Crippen LogP) is 3.78. The first-order valence-electron chi connectivity index (χ1n) is 9.33. The van der Waals surface area contributed by atoms with E-state index in [0.717, 1.165) is 41.5 Å². The highest BCUT2D eigenvalue weighted by atomic mass is 19.1. The molecule has 0 aliphatic heterocycles. The molecule has 2 aromatic carbocycles. The zero-order valence-electron chi connectivity index (χ0n) is 15.3. The average Bonchev–Trinajstić information content (AvgIpc) is 3.06. The summed E-state index contributed by atoms with van der Waals surface area (Å²) in [6.07, 6.45) is 3.17. The molecule has 0 fully saturated rings. The minimum Gasteiger partial charge on any atom is -0.497 e. The van der Waals surface area contributed by atoms with Crippen molar-refractivity contribution in [2.75, 3.05) is 13.7 Å². The predicted molar refractivity (Wildman–Crippen MR) is 103 cm³/mol. The summed E-state index contributed by atoms with van der Waals surface area (Å²) in [7, 11) is 1.66. The molecule has 1 amide bonds. The van der Waals surface area contributed by atoms with E-state index < -0.39 is 0 Å². The number of ether oxygens (including phenoxy) is 1. The molecule has 4 rings (SSSR count). The second-order valence-corrected chi connectivity index (χ2v) is 7.10. The largest absolute Gasteiger partial charge is 0.497 e. The molecule has 0 radical (unpaired) electrons. The number of aryl methyl sites for hydroxylation is 1. The van der Waals surface area contributed by atoms with E-state index in [1.54, 1.807) is 19.2 Å². The van der Waals surface area contributed by atoms with Crippen molar-refractivity contribution in [3.63, 3.8) is 0 Å². The number of halogens is 1. The maximum atomic E-state index is 13.0. The van der Waals surface area contributed by atoms with E-state index in [9.17, 15) is 9.18 Å². The molecule has 1 aliphatic rings. The van der Waals surface area contributed by atoms with Gasteiger partial charge in [0, 0.05) is 29.1 Å². The molecular weight excluding hydrogens is 343 g/mol. The third-order valence-corrected chi connectivity index (χ3v) is 5.39. The maximum Gasteiger partial charge on any atom is 0.223 e. The van der Waals surface area contributed by atoms with E-state index in [1.807, 2.05) is 18.2 Å². The van der Waals surface area contributed by atoms with E-state index >= 15 is 0 Å². The van der Waals surface area contributed by atoms with Gasteiger partial charge in [-0.2, -0.15) is 0 Å². The number of fused-ring (bicyclic) bond motifs is 3. The Kier molecular flexibility index (Phi) is 4.84. The maximum absolute atomic E-state index is 13.0. The Morgan fingerprint density at radius 2 is 2.07 bits per heavy atom. The van der Waals surface area contributed by atoms with Crippen LogP contribution in [0.15, 0.2) is 42.5 Å². The number of carbonyl (C=O) groups is 1. The van der Waals surface area contributed by atoms with Crippen LogP contribution in [0.25, 0.3) is 10.9 Å². The number of rotatable bonds is 5. The molecule has 4 nitrogen and oxygen atoms in total. The van der Waals surface area contributed by atoms with Crippen molar-refractivity contribution in [2.45, 2.75) is 25.7 Å². The third-order valence-electron chi connectivity index (χ3n) is 5.39. The van der Waals surface area contributed by atoms with Crippen molar-refractivity contribution in [1.82, 2.24) is 10.3 Å². The molecule has 27 heavy (non-hydrogen) atoms. The second-order valence-electron chi connectivity index (χ2n) is 7.10. The molecule has 0 bridgehead atoms. The molecule has 2 N–H and O–H groups in total. The molecule has 0 saturated heterocycles.